The van der Waals surface area contributed by atoms with Crippen LogP contribution < -0.4 is 5.32 Å². The second kappa shape index (κ2) is 6.96. The van der Waals surface area contributed by atoms with Gasteiger partial charge >= 0.3 is 0 Å². The molecule has 0 aliphatic rings. The molecule has 0 atom stereocenters. The number of anilines is 1. The number of carbonyl (C=O) groups is 1. The lowest BCUT2D eigenvalue weighted by Gasteiger charge is -2.06. The molecule has 6 heteroatoms. The van der Waals surface area contributed by atoms with Crippen molar-refractivity contribution in [2.75, 3.05) is 11.1 Å². The first kappa shape index (κ1) is 18.2. The molecule has 2 aromatic carbocycles. The van der Waals surface area contributed by atoms with Crippen molar-refractivity contribution in [3.8, 4) is 0 Å². The van der Waals surface area contributed by atoms with Gasteiger partial charge in [-0.05, 0) is 61.4 Å². The molecular formula is C20H21NO4S. The second-order valence-electron chi connectivity index (χ2n) is 6.35. The van der Waals surface area contributed by atoms with Crippen LogP contribution in [0.2, 0.25) is 0 Å². The predicted octanol–water partition coefficient (Wildman–Crippen LogP) is 4.02. The van der Waals surface area contributed by atoms with E-state index in [-0.39, 0.29) is 23.0 Å². The summed E-state index contributed by atoms with van der Waals surface area (Å²) >= 11 is 0. The molecule has 1 heterocycles. The summed E-state index contributed by atoms with van der Waals surface area (Å²) in [6, 6.07) is 10.2. The van der Waals surface area contributed by atoms with E-state index in [1.807, 2.05) is 26.0 Å². The van der Waals surface area contributed by atoms with Crippen LogP contribution in [0.1, 0.15) is 23.6 Å². The van der Waals surface area contributed by atoms with E-state index in [1.54, 1.807) is 25.3 Å². The summed E-state index contributed by atoms with van der Waals surface area (Å²) in [7, 11) is -3.24. The first-order valence-electron chi connectivity index (χ1n) is 8.40. The Balaban J connectivity index is 1.74. The monoisotopic (exact) mass is 371 g/mol. The topological polar surface area (TPSA) is 76.4 Å². The summed E-state index contributed by atoms with van der Waals surface area (Å²) in [6.45, 7) is 5.65. The van der Waals surface area contributed by atoms with Gasteiger partial charge in [0.15, 0.2) is 9.84 Å². The Hall–Kier alpha value is -2.60. The summed E-state index contributed by atoms with van der Waals surface area (Å²) in [6.07, 6.45) is 1.80. The third kappa shape index (κ3) is 3.65. The molecule has 0 bridgehead atoms. The molecule has 26 heavy (non-hydrogen) atoms. The number of fused-ring (bicyclic) bond motifs is 1. The standard InChI is InChI=1S/C20H21NO4S/c1-4-26(23,24)17-7-5-16(6-8-17)21-20(22)11-15-12-25-19-10-14(3)13(2)9-18(15)19/h5-10,12H,4,11H2,1-3H3,(H,21,22). The number of hydrogen-bond donors (Lipinski definition) is 1. The number of carbonyl (C=O) groups excluding carboxylic acids is 1. The summed E-state index contributed by atoms with van der Waals surface area (Å²) in [5.74, 6) is -0.137. The fraction of sp³-hybridized carbons (Fsp3) is 0.250. The molecule has 0 radical (unpaired) electrons. The van der Waals surface area contributed by atoms with Gasteiger partial charge in [0.05, 0.1) is 23.3 Å². The maximum absolute atomic E-state index is 12.3. The number of sulfone groups is 1. The predicted molar refractivity (Wildman–Crippen MR) is 102 cm³/mol. The van der Waals surface area contributed by atoms with Crippen LogP contribution in [0.25, 0.3) is 11.0 Å². The largest absolute Gasteiger partial charge is 0.464 e. The number of aryl methyl sites for hydroxylation is 2. The summed E-state index contributed by atoms with van der Waals surface area (Å²) in [4.78, 5) is 12.6. The summed E-state index contributed by atoms with van der Waals surface area (Å²) in [5, 5.41) is 3.73. The van der Waals surface area contributed by atoms with E-state index >= 15 is 0 Å². The lowest BCUT2D eigenvalue weighted by molar-refractivity contribution is -0.115. The first-order valence-corrected chi connectivity index (χ1v) is 10.1. The van der Waals surface area contributed by atoms with Gasteiger partial charge in [0.2, 0.25) is 5.91 Å². The van der Waals surface area contributed by atoms with Crippen LogP contribution in [0.15, 0.2) is 52.0 Å². The van der Waals surface area contributed by atoms with Crippen molar-refractivity contribution >= 4 is 32.4 Å². The minimum atomic E-state index is -3.24. The molecular weight excluding hydrogens is 350 g/mol. The third-order valence-electron chi connectivity index (χ3n) is 4.50. The number of amides is 1. The van der Waals surface area contributed by atoms with Gasteiger partial charge < -0.3 is 9.73 Å². The highest BCUT2D eigenvalue weighted by atomic mass is 32.2. The maximum atomic E-state index is 12.3. The Morgan fingerprint density at radius 1 is 1.08 bits per heavy atom. The highest BCUT2D eigenvalue weighted by molar-refractivity contribution is 7.91. The van der Waals surface area contributed by atoms with Gasteiger partial charge in [0.25, 0.3) is 0 Å². The van der Waals surface area contributed by atoms with Gasteiger partial charge in [-0.3, -0.25) is 4.79 Å². The van der Waals surface area contributed by atoms with Crippen LogP contribution >= 0.6 is 0 Å². The van der Waals surface area contributed by atoms with E-state index in [1.165, 1.54) is 12.1 Å². The average Bonchev–Trinajstić information content (AvgIpc) is 2.97. The molecule has 0 saturated heterocycles. The number of rotatable bonds is 5. The molecule has 3 aromatic rings. The van der Waals surface area contributed by atoms with Crippen molar-refractivity contribution in [1.29, 1.82) is 0 Å². The van der Waals surface area contributed by atoms with Crippen LogP contribution in [-0.2, 0) is 21.1 Å². The first-order chi connectivity index (χ1) is 12.3. The van der Waals surface area contributed by atoms with Crippen molar-refractivity contribution in [2.45, 2.75) is 32.1 Å². The van der Waals surface area contributed by atoms with Crippen LogP contribution in [0.3, 0.4) is 0 Å². The molecule has 1 aromatic heterocycles. The van der Waals surface area contributed by atoms with E-state index in [0.717, 1.165) is 27.7 Å². The van der Waals surface area contributed by atoms with Gasteiger partial charge in [-0.25, -0.2) is 8.42 Å². The Morgan fingerprint density at radius 3 is 2.38 bits per heavy atom. The Bertz CT molecular complexity index is 1060. The smallest absolute Gasteiger partial charge is 0.228 e. The second-order valence-corrected chi connectivity index (χ2v) is 8.62. The van der Waals surface area contributed by atoms with Crippen LogP contribution in [-0.4, -0.2) is 20.1 Å². The highest BCUT2D eigenvalue weighted by Crippen LogP contribution is 2.25. The number of hydrogen-bond acceptors (Lipinski definition) is 4. The lowest BCUT2D eigenvalue weighted by atomic mass is 10.0. The average molecular weight is 371 g/mol. The fourth-order valence-electron chi connectivity index (χ4n) is 2.76. The Kier molecular flexibility index (Phi) is 4.87. The van der Waals surface area contributed by atoms with E-state index in [0.29, 0.717) is 5.69 Å². The van der Waals surface area contributed by atoms with Crippen molar-refractivity contribution in [3.63, 3.8) is 0 Å². The zero-order valence-corrected chi connectivity index (χ0v) is 15.8. The van der Waals surface area contributed by atoms with Crippen molar-refractivity contribution < 1.29 is 17.6 Å². The van der Waals surface area contributed by atoms with Gasteiger partial charge in [-0.1, -0.05) is 6.92 Å². The molecule has 0 unspecified atom stereocenters. The summed E-state index contributed by atoms with van der Waals surface area (Å²) < 4.78 is 29.2. The molecule has 1 amide bonds. The number of benzene rings is 2. The van der Waals surface area contributed by atoms with E-state index < -0.39 is 9.84 Å². The maximum Gasteiger partial charge on any atom is 0.228 e. The fourth-order valence-corrected chi connectivity index (χ4v) is 3.65. The van der Waals surface area contributed by atoms with Gasteiger partial charge in [0.1, 0.15) is 5.58 Å². The number of nitrogens with one attached hydrogen (secondary N) is 1. The van der Waals surface area contributed by atoms with Crippen LogP contribution in [0.4, 0.5) is 5.69 Å². The molecule has 0 saturated carbocycles. The van der Waals surface area contributed by atoms with Crippen LogP contribution in [0, 0.1) is 13.8 Å². The highest BCUT2D eigenvalue weighted by Gasteiger charge is 2.14. The summed E-state index contributed by atoms with van der Waals surface area (Å²) in [5.41, 5.74) is 4.44. The van der Waals surface area contributed by atoms with E-state index in [2.05, 4.69) is 5.32 Å². The Labute approximate surface area is 152 Å². The molecule has 0 spiro atoms. The molecule has 136 valence electrons. The molecule has 5 nitrogen and oxygen atoms in total. The molecule has 1 N–H and O–H groups in total. The number of furan rings is 1. The van der Waals surface area contributed by atoms with Gasteiger partial charge in [0, 0.05) is 16.6 Å². The van der Waals surface area contributed by atoms with E-state index in [4.69, 9.17) is 4.42 Å². The van der Waals surface area contributed by atoms with Crippen LogP contribution in [0.5, 0.6) is 0 Å². The van der Waals surface area contributed by atoms with Crippen molar-refractivity contribution in [3.05, 3.63) is 59.4 Å². The van der Waals surface area contributed by atoms with E-state index in [9.17, 15) is 13.2 Å². The van der Waals surface area contributed by atoms with Gasteiger partial charge in [-0.15, -0.1) is 0 Å². The molecule has 0 aliphatic heterocycles. The molecule has 0 aliphatic carbocycles. The third-order valence-corrected chi connectivity index (χ3v) is 6.25. The Morgan fingerprint density at radius 2 is 1.73 bits per heavy atom. The minimum Gasteiger partial charge on any atom is -0.464 e. The van der Waals surface area contributed by atoms with Crippen molar-refractivity contribution in [2.24, 2.45) is 0 Å². The lowest BCUT2D eigenvalue weighted by Crippen LogP contribution is -2.14. The van der Waals surface area contributed by atoms with Crippen molar-refractivity contribution in [1.82, 2.24) is 0 Å². The molecule has 0 fully saturated rings. The molecule has 3 rings (SSSR count). The quantitative estimate of drug-likeness (QED) is 0.735. The minimum absolute atomic E-state index is 0.0468. The van der Waals surface area contributed by atoms with Gasteiger partial charge in [-0.2, -0.15) is 0 Å². The zero-order chi connectivity index (χ0) is 18.9. The normalized spacial score (nSPS) is 11.7. The SMILES string of the molecule is CCS(=O)(=O)c1ccc(NC(=O)Cc2coc3cc(C)c(C)cc23)cc1. The zero-order valence-electron chi connectivity index (χ0n) is 15.0.